The van der Waals surface area contributed by atoms with E-state index < -0.39 is 0 Å². The number of phenolic OH excluding ortho intramolecular Hbond substituents is 2. The van der Waals surface area contributed by atoms with E-state index in [1.54, 1.807) is 42.5 Å². The van der Waals surface area contributed by atoms with Crippen LogP contribution in [0.25, 0.3) is 6.08 Å². The van der Waals surface area contributed by atoms with E-state index in [9.17, 15) is 15.0 Å². The Morgan fingerprint density at radius 1 is 0.889 bits per heavy atom. The second kappa shape index (κ2) is 13.1. The van der Waals surface area contributed by atoms with Gasteiger partial charge < -0.3 is 14.9 Å². The molecule has 186 valence electrons. The molecule has 0 fully saturated rings. The van der Waals surface area contributed by atoms with Crippen LogP contribution in [0.15, 0.2) is 96.1 Å². The third kappa shape index (κ3) is 8.02. The van der Waals surface area contributed by atoms with Crippen molar-refractivity contribution in [3.63, 3.8) is 0 Å². The number of ketones is 1. The molecule has 3 rings (SSSR count). The lowest BCUT2D eigenvalue weighted by Crippen LogP contribution is -2.03. The smallest absolute Gasteiger partial charge is 0.189 e. The van der Waals surface area contributed by atoms with Crippen molar-refractivity contribution in [2.24, 2.45) is 0 Å². The van der Waals surface area contributed by atoms with E-state index in [-0.39, 0.29) is 22.8 Å². The van der Waals surface area contributed by atoms with Crippen molar-refractivity contribution in [3.8, 4) is 17.2 Å². The van der Waals surface area contributed by atoms with Crippen LogP contribution in [0.1, 0.15) is 60.7 Å². The first-order valence-corrected chi connectivity index (χ1v) is 12.2. The van der Waals surface area contributed by atoms with Crippen LogP contribution in [-0.4, -0.2) is 16.0 Å². The van der Waals surface area contributed by atoms with Crippen molar-refractivity contribution in [2.75, 3.05) is 0 Å². The molecule has 4 heteroatoms. The first kappa shape index (κ1) is 26.6. The maximum absolute atomic E-state index is 12.9. The maximum Gasteiger partial charge on any atom is 0.189 e. The second-order valence-corrected chi connectivity index (χ2v) is 9.08. The average molecular weight is 483 g/mol. The molecule has 0 radical (unpaired) electrons. The van der Waals surface area contributed by atoms with Crippen LogP contribution >= 0.6 is 0 Å². The van der Waals surface area contributed by atoms with Crippen LogP contribution in [-0.2, 0) is 13.0 Å². The molecule has 0 bridgehead atoms. The summed E-state index contributed by atoms with van der Waals surface area (Å²) in [6, 6.07) is 19.8. The number of ether oxygens (including phenoxy) is 1. The number of benzene rings is 3. The van der Waals surface area contributed by atoms with Crippen molar-refractivity contribution >= 4 is 11.9 Å². The molecule has 0 saturated carbocycles. The monoisotopic (exact) mass is 482 g/mol. The number of phenols is 2. The van der Waals surface area contributed by atoms with E-state index in [4.69, 9.17) is 4.74 Å². The third-order valence-electron chi connectivity index (χ3n) is 5.81. The van der Waals surface area contributed by atoms with Gasteiger partial charge in [0.05, 0.1) is 5.56 Å². The Hall–Kier alpha value is -4.05. The van der Waals surface area contributed by atoms with E-state index in [1.165, 1.54) is 17.2 Å². The van der Waals surface area contributed by atoms with Crippen molar-refractivity contribution in [1.82, 2.24) is 0 Å². The number of allylic oxidation sites excluding steroid dienone is 5. The lowest BCUT2D eigenvalue weighted by atomic mass is 9.99. The minimum absolute atomic E-state index is 0.0609. The highest BCUT2D eigenvalue weighted by molar-refractivity contribution is 6.09. The van der Waals surface area contributed by atoms with Gasteiger partial charge in [0.25, 0.3) is 0 Å². The summed E-state index contributed by atoms with van der Waals surface area (Å²) >= 11 is 0. The molecule has 0 spiro atoms. The first-order chi connectivity index (χ1) is 17.3. The number of hydrogen-bond acceptors (Lipinski definition) is 4. The lowest BCUT2D eigenvalue weighted by Gasteiger charge is -2.15. The van der Waals surface area contributed by atoms with Gasteiger partial charge in [-0.25, -0.2) is 0 Å². The molecule has 36 heavy (non-hydrogen) atoms. The zero-order chi connectivity index (χ0) is 25.9. The molecule has 4 nitrogen and oxygen atoms in total. The van der Waals surface area contributed by atoms with Crippen molar-refractivity contribution < 1.29 is 19.7 Å². The van der Waals surface area contributed by atoms with Gasteiger partial charge in [0.2, 0.25) is 0 Å². The SMILES string of the molecule is CC(C)=CCC/C(C)=C/Cc1c(OCc2ccccc2)ccc(C(=O)/C=C/c2ccc(O)cc2)c1O. The molecule has 0 heterocycles. The molecule has 0 aromatic heterocycles. The van der Waals surface area contributed by atoms with E-state index in [1.807, 2.05) is 30.3 Å². The van der Waals surface area contributed by atoms with E-state index in [0.29, 0.717) is 24.3 Å². The van der Waals surface area contributed by atoms with Gasteiger partial charge in [-0.05, 0) is 81.5 Å². The first-order valence-electron chi connectivity index (χ1n) is 12.2. The van der Waals surface area contributed by atoms with Gasteiger partial charge in [-0.15, -0.1) is 0 Å². The van der Waals surface area contributed by atoms with Crippen LogP contribution in [0.5, 0.6) is 17.2 Å². The standard InChI is InChI=1S/C32H34O4/c1-23(2)8-7-9-24(3)12-18-29-31(36-22-26-10-5-4-6-11-26)21-19-28(32(29)35)30(34)20-15-25-13-16-27(33)17-14-25/h4-6,8,10-17,19-21,33,35H,7,9,18,22H2,1-3H3/b20-15+,24-12+. The molecule has 3 aromatic rings. The second-order valence-electron chi connectivity index (χ2n) is 9.08. The lowest BCUT2D eigenvalue weighted by molar-refractivity contribution is 0.104. The number of carbonyl (C=O) groups is 1. The molecule has 2 N–H and O–H groups in total. The molecule has 0 amide bonds. The highest BCUT2D eigenvalue weighted by Gasteiger charge is 2.17. The molecule has 0 aliphatic rings. The molecular weight excluding hydrogens is 448 g/mol. The summed E-state index contributed by atoms with van der Waals surface area (Å²) in [4.78, 5) is 12.9. The summed E-state index contributed by atoms with van der Waals surface area (Å²) in [5, 5.41) is 20.6. The predicted molar refractivity (Wildman–Crippen MR) is 146 cm³/mol. The zero-order valence-electron chi connectivity index (χ0n) is 21.2. The molecule has 0 atom stereocenters. The van der Waals surface area contributed by atoms with Gasteiger partial charge in [0.15, 0.2) is 5.78 Å². The van der Waals surface area contributed by atoms with Gasteiger partial charge >= 0.3 is 0 Å². The van der Waals surface area contributed by atoms with E-state index in [0.717, 1.165) is 24.0 Å². The summed E-state index contributed by atoms with van der Waals surface area (Å²) < 4.78 is 6.07. The molecule has 0 saturated heterocycles. The van der Waals surface area contributed by atoms with Crippen LogP contribution in [0.2, 0.25) is 0 Å². The molecule has 0 unspecified atom stereocenters. The summed E-state index contributed by atoms with van der Waals surface area (Å²) in [7, 11) is 0. The Balaban J connectivity index is 1.85. The Kier molecular flexibility index (Phi) is 9.70. The number of carbonyl (C=O) groups excluding carboxylic acids is 1. The number of hydrogen-bond donors (Lipinski definition) is 2. The van der Waals surface area contributed by atoms with Gasteiger partial charge in [0.1, 0.15) is 23.9 Å². The fraction of sp³-hybridized carbons (Fsp3) is 0.219. The topological polar surface area (TPSA) is 66.8 Å². The van der Waals surface area contributed by atoms with E-state index in [2.05, 4.69) is 32.9 Å². The molecule has 3 aromatic carbocycles. The van der Waals surface area contributed by atoms with Gasteiger partial charge in [-0.3, -0.25) is 4.79 Å². The highest BCUT2D eigenvalue weighted by atomic mass is 16.5. The van der Waals surface area contributed by atoms with Crippen LogP contribution < -0.4 is 4.74 Å². The molecule has 0 aliphatic heterocycles. The maximum atomic E-state index is 12.9. The molecule has 0 aliphatic carbocycles. The van der Waals surface area contributed by atoms with Gasteiger partial charge in [0, 0.05) is 5.56 Å². The Bertz CT molecular complexity index is 1250. The van der Waals surface area contributed by atoms with Crippen molar-refractivity contribution in [3.05, 3.63) is 118 Å². The van der Waals surface area contributed by atoms with Crippen LogP contribution in [0, 0.1) is 0 Å². The minimum Gasteiger partial charge on any atom is -0.508 e. The predicted octanol–water partition coefficient (Wildman–Crippen LogP) is 7.81. The number of rotatable bonds is 11. The minimum atomic E-state index is -0.305. The Morgan fingerprint density at radius 2 is 1.61 bits per heavy atom. The number of aromatic hydroxyl groups is 2. The van der Waals surface area contributed by atoms with Gasteiger partial charge in [-0.2, -0.15) is 0 Å². The summed E-state index contributed by atoms with van der Waals surface area (Å²) in [6.45, 7) is 6.62. The molecular formula is C32H34O4. The fourth-order valence-corrected chi connectivity index (χ4v) is 3.70. The quantitative estimate of drug-likeness (QED) is 0.166. The van der Waals surface area contributed by atoms with Crippen LogP contribution in [0.4, 0.5) is 0 Å². The fourth-order valence-electron chi connectivity index (χ4n) is 3.70. The third-order valence-corrected chi connectivity index (χ3v) is 5.81. The summed E-state index contributed by atoms with van der Waals surface area (Å²) in [5.41, 5.74) is 5.12. The Morgan fingerprint density at radius 3 is 2.31 bits per heavy atom. The normalized spacial score (nSPS) is 11.5. The zero-order valence-corrected chi connectivity index (χ0v) is 21.2. The summed E-state index contributed by atoms with van der Waals surface area (Å²) in [6.07, 6.45) is 9.74. The van der Waals surface area contributed by atoms with Crippen LogP contribution in [0.3, 0.4) is 0 Å². The Labute approximate surface area is 213 Å². The summed E-state index contributed by atoms with van der Waals surface area (Å²) in [5.74, 6) is 0.356. The van der Waals surface area contributed by atoms with Gasteiger partial charge in [-0.1, -0.05) is 71.8 Å². The average Bonchev–Trinajstić information content (AvgIpc) is 2.86. The largest absolute Gasteiger partial charge is 0.508 e. The highest BCUT2D eigenvalue weighted by Crippen LogP contribution is 2.34. The van der Waals surface area contributed by atoms with E-state index >= 15 is 0 Å². The van der Waals surface area contributed by atoms with Crippen molar-refractivity contribution in [1.29, 1.82) is 0 Å². The van der Waals surface area contributed by atoms with Crippen molar-refractivity contribution in [2.45, 2.75) is 46.6 Å².